The van der Waals surface area contributed by atoms with Crippen molar-refractivity contribution in [2.45, 2.75) is 6.18 Å². The first-order chi connectivity index (χ1) is 14.8. The summed E-state index contributed by atoms with van der Waals surface area (Å²) in [5, 5.41) is 7.93. The monoisotopic (exact) mass is 427 g/mol. The summed E-state index contributed by atoms with van der Waals surface area (Å²) in [4.78, 5) is 24.9. The second-order valence-corrected chi connectivity index (χ2v) is 6.46. The van der Waals surface area contributed by atoms with Crippen molar-refractivity contribution >= 4 is 34.4 Å². The van der Waals surface area contributed by atoms with Gasteiger partial charge in [0, 0.05) is 24.1 Å². The third kappa shape index (κ3) is 4.25. The Balaban J connectivity index is 1.48. The van der Waals surface area contributed by atoms with Gasteiger partial charge in [0.2, 0.25) is 0 Å². The maximum Gasteiger partial charge on any atom is 0.416 e. The molecule has 11 heteroatoms. The number of carbonyl (C=O) groups is 1. The van der Waals surface area contributed by atoms with Gasteiger partial charge in [-0.1, -0.05) is 6.07 Å². The number of halogens is 3. The number of amides is 2. The molecule has 0 aliphatic heterocycles. The van der Waals surface area contributed by atoms with Gasteiger partial charge in [0.25, 0.3) is 0 Å². The third-order valence-corrected chi connectivity index (χ3v) is 4.42. The number of nitrogens with one attached hydrogen (secondary N) is 3. The number of carbonyl (C=O) groups excluding carboxylic acids is 1. The van der Waals surface area contributed by atoms with Crippen LogP contribution in [0.5, 0.6) is 0 Å². The summed E-state index contributed by atoms with van der Waals surface area (Å²) in [6.45, 7) is 0. The molecule has 2 aromatic heterocycles. The molecule has 0 aliphatic rings. The molecule has 4 aromatic rings. The van der Waals surface area contributed by atoms with E-state index in [4.69, 9.17) is 0 Å². The number of imidazole rings is 1. The number of anilines is 3. The molecular weight excluding hydrogens is 411 g/mol. The summed E-state index contributed by atoms with van der Waals surface area (Å²) in [5.74, 6) is 0.605. The highest BCUT2D eigenvalue weighted by Gasteiger charge is 2.30. The molecule has 4 rings (SSSR count). The number of hydrogen-bond acceptors (Lipinski definition) is 5. The SMILES string of the molecule is CNc1ncnc2c1ncn2-c1ccc(NC(=O)Nc2cccc(C(F)(F)F)c2)cc1. The van der Waals surface area contributed by atoms with Crippen LogP contribution in [0.25, 0.3) is 16.9 Å². The van der Waals surface area contributed by atoms with E-state index in [0.717, 1.165) is 17.8 Å². The van der Waals surface area contributed by atoms with E-state index < -0.39 is 17.8 Å². The highest BCUT2D eigenvalue weighted by atomic mass is 19.4. The molecule has 0 saturated carbocycles. The predicted molar refractivity (Wildman–Crippen MR) is 110 cm³/mol. The number of fused-ring (bicyclic) bond motifs is 1. The smallest absolute Gasteiger partial charge is 0.371 e. The molecule has 0 saturated heterocycles. The lowest BCUT2D eigenvalue weighted by Gasteiger charge is -2.11. The fraction of sp³-hybridized carbons (Fsp3) is 0.100. The Morgan fingerprint density at radius 1 is 0.968 bits per heavy atom. The Morgan fingerprint density at radius 2 is 1.71 bits per heavy atom. The summed E-state index contributed by atoms with van der Waals surface area (Å²) in [6, 6.07) is 10.6. The maximum atomic E-state index is 12.8. The van der Waals surface area contributed by atoms with Crippen molar-refractivity contribution < 1.29 is 18.0 Å². The van der Waals surface area contributed by atoms with Crippen molar-refractivity contribution in [1.82, 2.24) is 19.5 Å². The predicted octanol–water partition coefficient (Wildman–Crippen LogP) is 4.52. The van der Waals surface area contributed by atoms with Crippen molar-refractivity contribution in [2.24, 2.45) is 0 Å². The first kappa shape index (κ1) is 20.1. The average molecular weight is 427 g/mol. The minimum absolute atomic E-state index is 0.0360. The van der Waals surface area contributed by atoms with E-state index in [1.165, 1.54) is 18.5 Å². The number of nitrogens with zero attached hydrogens (tertiary/aromatic N) is 4. The zero-order chi connectivity index (χ0) is 22.0. The molecule has 31 heavy (non-hydrogen) atoms. The fourth-order valence-electron chi connectivity index (χ4n) is 2.98. The minimum Gasteiger partial charge on any atom is -0.371 e. The molecule has 0 atom stereocenters. The Labute approximate surface area is 174 Å². The molecule has 0 radical (unpaired) electrons. The van der Waals surface area contributed by atoms with Crippen LogP contribution in [-0.4, -0.2) is 32.6 Å². The standard InChI is InChI=1S/C20H16F3N7O/c1-24-17-16-18(26-10-25-17)30(11-27-16)15-7-5-13(6-8-15)28-19(31)29-14-4-2-3-12(9-14)20(21,22)23/h2-11H,1H3,(H,24,25,26)(H2,28,29,31). The van der Waals surface area contributed by atoms with Gasteiger partial charge >= 0.3 is 12.2 Å². The van der Waals surface area contributed by atoms with Gasteiger partial charge in [0.15, 0.2) is 17.0 Å². The molecule has 3 N–H and O–H groups in total. The second kappa shape index (κ2) is 7.94. The van der Waals surface area contributed by atoms with Crippen molar-refractivity contribution in [3.63, 3.8) is 0 Å². The van der Waals surface area contributed by atoms with Crippen molar-refractivity contribution in [3.8, 4) is 5.69 Å². The second-order valence-electron chi connectivity index (χ2n) is 6.46. The van der Waals surface area contributed by atoms with E-state index in [2.05, 4.69) is 30.9 Å². The first-order valence-electron chi connectivity index (χ1n) is 9.06. The molecule has 0 fully saturated rings. The van der Waals surface area contributed by atoms with Gasteiger partial charge < -0.3 is 16.0 Å². The summed E-state index contributed by atoms with van der Waals surface area (Å²) >= 11 is 0. The molecule has 8 nitrogen and oxygen atoms in total. The summed E-state index contributed by atoms with van der Waals surface area (Å²) in [5.41, 5.74) is 1.64. The number of rotatable bonds is 4. The van der Waals surface area contributed by atoms with Crippen LogP contribution in [0.3, 0.4) is 0 Å². The molecule has 158 valence electrons. The number of aromatic nitrogens is 4. The zero-order valence-corrected chi connectivity index (χ0v) is 16.1. The van der Waals surface area contributed by atoms with Gasteiger partial charge in [-0.05, 0) is 42.5 Å². The van der Waals surface area contributed by atoms with Crippen molar-refractivity contribution in [2.75, 3.05) is 23.0 Å². The van der Waals surface area contributed by atoms with Crippen LogP contribution in [0.15, 0.2) is 61.2 Å². The maximum absolute atomic E-state index is 12.8. The molecule has 2 aromatic carbocycles. The van der Waals surface area contributed by atoms with E-state index in [1.807, 2.05) is 0 Å². The summed E-state index contributed by atoms with van der Waals surface area (Å²) < 4.78 is 40.2. The van der Waals surface area contributed by atoms with Gasteiger partial charge in [0.05, 0.1) is 5.56 Å². The summed E-state index contributed by atoms with van der Waals surface area (Å²) in [6.07, 6.45) is -1.44. The highest BCUT2D eigenvalue weighted by Crippen LogP contribution is 2.30. The molecule has 0 unspecified atom stereocenters. The van der Waals surface area contributed by atoms with Crippen molar-refractivity contribution in [1.29, 1.82) is 0 Å². The van der Waals surface area contributed by atoms with Crippen LogP contribution in [-0.2, 0) is 6.18 Å². The van der Waals surface area contributed by atoms with Crippen molar-refractivity contribution in [3.05, 3.63) is 66.7 Å². The lowest BCUT2D eigenvalue weighted by molar-refractivity contribution is -0.137. The molecule has 0 spiro atoms. The van der Waals surface area contributed by atoms with Crippen LogP contribution in [0.2, 0.25) is 0 Å². The van der Waals surface area contributed by atoms with E-state index in [-0.39, 0.29) is 5.69 Å². The highest BCUT2D eigenvalue weighted by molar-refractivity contribution is 5.99. The largest absolute Gasteiger partial charge is 0.416 e. The Kier molecular flexibility index (Phi) is 5.15. The van der Waals surface area contributed by atoms with E-state index in [1.54, 1.807) is 42.2 Å². The van der Waals surface area contributed by atoms with Gasteiger partial charge in [-0.2, -0.15) is 13.2 Å². The number of alkyl halides is 3. The lowest BCUT2D eigenvalue weighted by Crippen LogP contribution is -2.19. The van der Waals surface area contributed by atoms with Gasteiger partial charge in [-0.3, -0.25) is 4.57 Å². The normalized spacial score (nSPS) is 11.4. The van der Waals surface area contributed by atoms with E-state index in [0.29, 0.717) is 22.7 Å². The van der Waals surface area contributed by atoms with Crippen LogP contribution >= 0.6 is 0 Å². The third-order valence-electron chi connectivity index (χ3n) is 4.42. The molecule has 2 heterocycles. The fourth-order valence-corrected chi connectivity index (χ4v) is 2.98. The van der Waals surface area contributed by atoms with E-state index in [9.17, 15) is 18.0 Å². The van der Waals surface area contributed by atoms with Gasteiger partial charge in [0.1, 0.15) is 12.7 Å². The number of benzene rings is 2. The van der Waals surface area contributed by atoms with Crippen LogP contribution in [0.1, 0.15) is 5.56 Å². The quantitative estimate of drug-likeness (QED) is 0.445. The topological polar surface area (TPSA) is 96.8 Å². The zero-order valence-electron chi connectivity index (χ0n) is 16.1. The molecule has 2 amide bonds. The Morgan fingerprint density at radius 3 is 2.42 bits per heavy atom. The molecule has 0 aliphatic carbocycles. The number of urea groups is 1. The summed E-state index contributed by atoms with van der Waals surface area (Å²) in [7, 11) is 1.74. The number of hydrogen-bond donors (Lipinski definition) is 3. The molecule has 0 bridgehead atoms. The Hall–Kier alpha value is -4.15. The first-order valence-corrected chi connectivity index (χ1v) is 9.06. The Bertz CT molecular complexity index is 1240. The average Bonchev–Trinajstić information content (AvgIpc) is 3.18. The minimum atomic E-state index is -4.49. The van der Waals surface area contributed by atoms with Crippen LogP contribution in [0, 0.1) is 0 Å². The van der Waals surface area contributed by atoms with Crippen LogP contribution in [0.4, 0.5) is 35.2 Å². The lowest BCUT2D eigenvalue weighted by atomic mass is 10.2. The molecular formula is C20H16F3N7O. The van der Waals surface area contributed by atoms with Gasteiger partial charge in [-0.25, -0.2) is 19.7 Å². The van der Waals surface area contributed by atoms with Gasteiger partial charge in [-0.15, -0.1) is 0 Å². The van der Waals surface area contributed by atoms with Crippen LogP contribution < -0.4 is 16.0 Å². The van der Waals surface area contributed by atoms with E-state index >= 15 is 0 Å².